The highest BCUT2D eigenvalue weighted by Gasteiger charge is 2.36. The largest absolute Gasteiger partial charge is 0.454 e. The molecule has 1 saturated carbocycles. The molecule has 1 saturated heterocycles. The highest BCUT2D eigenvalue weighted by atomic mass is 19.4. The number of rotatable bonds is 5. The summed E-state index contributed by atoms with van der Waals surface area (Å²) in [5.74, 6) is 1.53. The molecule has 0 unspecified atom stereocenters. The van der Waals surface area contributed by atoms with E-state index in [0.29, 0.717) is 30.0 Å². The Morgan fingerprint density at radius 3 is 2.53 bits per heavy atom. The summed E-state index contributed by atoms with van der Waals surface area (Å²) < 4.78 is 52.1. The van der Waals surface area contributed by atoms with E-state index >= 15 is 0 Å². The zero-order chi connectivity index (χ0) is 24.9. The Hall–Kier alpha value is -3.53. The minimum absolute atomic E-state index is 0.113. The second-order valence-electron chi connectivity index (χ2n) is 9.43. The zero-order valence-electron chi connectivity index (χ0n) is 19.5. The number of halogens is 3. The molecule has 0 spiro atoms. The van der Waals surface area contributed by atoms with Gasteiger partial charge in [-0.05, 0) is 48.7 Å². The van der Waals surface area contributed by atoms with Gasteiger partial charge in [0.15, 0.2) is 11.5 Å². The quantitative estimate of drug-likeness (QED) is 0.520. The second kappa shape index (κ2) is 8.85. The number of aromatic nitrogens is 2. The Labute approximate surface area is 206 Å². The van der Waals surface area contributed by atoms with Crippen LogP contribution in [0.4, 0.5) is 13.2 Å². The Morgan fingerprint density at radius 2 is 1.78 bits per heavy atom. The van der Waals surface area contributed by atoms with Crippen molar-refractivity contribution >= 4 is 5.91 Å². The standard InChI is InChI=1S/C26H25F3N4O3/c27-26(28,29)19-2-1-3-20(13-19)33-24(18-5-6-18)21(14-30-33)25(34)32-10-8-31(9-11-32)15-17-4-7-22-23(12-17)36-16-35-22/h1-4,7,12-14,18H,5-6,8-11,15-16H2. The van der Waals surface area contributed by atoms with E-state index in [2.05, 4.69) is 10.00 Å². The highest BCUT2D eigenvalue weighted by molar-refractivity contribution is 5.95. The summed E-state index contributed by atoms with van der Waals surface area (Å²) in [7, 11) is 0. The summed E-state index contributed by atoms with van der Waals surface area (Å²) in [5, 5.41) is 4.36. The summed E-state index contributed by atoms with van der Waals surface area (Å²) in [6.07, 6.45) is -1.14. The minimum atomic E-state index is -4.44. The first kappa shape index (κ1) is 22.9. The number of fused-ring (bicyclic) bond motifs is 1. The normalized spacial score (nSPS) is 18.0. The van der Waals surface area contributed by atoms with Gasteiger partial charge in [-0.25, -0.2) is 4.68 Å². The Bertz CT molecular complexity index is 1290. The lowest BCUT2D eigenvalue weighted by atomic mass is 10.1. The van der Waals surface area contributed by atoms with Crippen molar-refractivity contribution in [3.63, 3.8) is 0 Å². The molecule has 3 heterocycles. The molecule has 1 aliphatic carbocycles. The summed E-state index contributed by atoms with van der Waals surface area (Å²) in [6, 6.07) is 11.0. The number of carbonyl (C=O) groups excluding carboxylic acids is 1. The molecule has 188 valence electrons. The first-order valence-corrected chi connectivity index (χ1v) is 12.0. The molecule has 1 amide bonds. The van der Waals surface area contributed by atoms with Crippen molar-refractivity contribution < 1.29 is 27.4 Å². The van der Waals surface area contributed by atoms with Crippen molar-refractivity contribution in [3.05, 3.63) is 71.0 Å². The van der Waals surface area contributed by atoms with E-state index in [-0.39, 0.29) is 18.6 Å². The molecule has 10 heteroatoms. The predicted octanol–water partition coefficient (Wildman–Crippen LogP) is 4.46. The molecule has 0 N–H and O–H groups in total. The molecule has 1 aromatic heterocycles. The number of piperazine rings is 1. The van der Waals surface area contributed by atoms with Gasteiger partial charge in [0.2, 0.25) is 6.79 Å². The number of alkyl halides is 3. The number of nitrogens with zero attached hydrogens (tertiary/aromatic N) is 4. The molecule has 0 radical (unpaired) electrons. The van der Waals surface area contributed by atoms with Gasteiger partial charge in [0.25, 0.3) is 5.91 Å². The zero-order valence-corrected chi connectivity index (χ0v) is 19.5. The average Bonchev–Trinajstić information content (AvgIpc) is 3.43. The molecule has 3 aliphatic rings. The van der Waals surface area contributed by atoms with Gasteiger partial charge in [0, 0.05) is 38.6 Å². The number of hydrogen-bond acceptors (Lipinski definition) is 5. The van der Waals surface area contributed by atoms with E-state index < -0.39 is 11.7 Å². The fraction of sp³-hybridized carbons (Fsp3) is 0.385. The molecule has 2 fully saturated rings. The molecule has 6 rings (SSSR count). The van der Waals surface area contributed by atoms with Crippen molar-refractivity contribution in [2.24, 2.45) is 0 Å². The van der Waals surface area contributed by atoms with Crippen LogP contribution in [0, 0.1) is 0 Å². The number of carbonyl (C=O) groups is 1. The van der Waals surface area contributed by atoms with Gasteiger partial charge in [0.1, 0.15) is 0 Å². The third kappa shape index (κ3) is 4.41. The minimum Gasteiger partial charge on any atom is -0.454 e. The van der Waals surface area contributed by atoms with Crippen LogP contribution in [0.3, 0.4) is 0 Å². The molecule has 7 nitrogen and oxygen atoms in total. The van der Waals surface area contributed by atoms with Crippen LogP contribution in [0.25, 0.3) is 5.69 Å². The summed E-state index contributed by atoms with van der Waals surface area (Å²) in [5.41, 5.74) is 1.90. The number of hydrogen-bond donors (Lipinski definition) is 0. The molecule has 3 aromatic rings. The van der Waals surface area contributed by atoms with Crippen LogP contribution in [-0.2, 0) is 12.7 Å². The van der Waals surface area contributed by atoms with E-state index in [1.165, 1.54) is 16.9 Å². The van der Waals surface area contributed by atoms with Gasteiger partial charge in [0.05, 0.1) is 28.7 Å². The van der Waals surface area contributed by atoms with Crippen LogP contribution in [0.15, 0.2) is 48.7 Å². The number of amides is 1. The third-order valence-electron chi connectivity index (χ3n) is 6.92. The maximum Gasteiger partial charge on any atom is 0.416 e. The van der Waals surface area contributed by atoms with Crippen molar-refractivity contribution in [3.8, 4) is 17.2 Å². The molecule has 0 bridgehead atoms. The first-order chi connectivity index (χ1) is 17.4. The molecule has 2 aliphatic heterocycles. The van der Waals surface area contributed by atoms with Crippen LogP contribution in [0.5, 0.6) is 11.5 Å². The van der Waals surface area contributed by atoms with Crippen LogP contribution in [0.1, 0.15) is 45.9 Å². The lowest BCUT2D eigenvalue weighted by molar-refractivity contribution is -0.137. The lowest BCUT2D eigenvalue weighted by Gasteiger charge is -2.34. The average molecular weight is 499 g/mol. The summed E-state index contributed by atoms with van der Waals surface area (Å²) in [4.78, 5) is 17.6. The van der Waals surface area contributed by atoms with E-state index in [9.17, 15) is 18.0 Å². The molecule has 2 aromatic carbocycles. The van der Waals surface area contributed by atoms with Gasteiger partial charge in [-0.3, -0.25) is 9.69 Å². The fourth-order valence-corrected chi connectivity index (χ4v) is 4.87. The second-order valence-corrected chi connectivity index (χ2v) is 9.43. The smallest absolute Gasteiger partial charge is 0.416 e. The lowest BCUT2D eigenvalue weighted by Crippen LogP contribution is -2.48. The Kier molecular flexibility index (Phi) is 5.63. The maximum absolute atomic E-state index is 13.5. The predicted molar refractivity (Wildman–Crippen MR) is 124 cm³/mol. The monoisotopic (exact) mass is 498 g/mol. The van der Waals surface area contributed by atoms with Crippen LogP contribution < -0.4 is 9.47 Å². The van der Waals surface area contributed by atoms with E-state index in [1.54, 1.807) is 6.07 Å². The Morgan fingerprint density at radius 1 is 1.00 bits per heavy atom. The van der Waals surface area contributed by atoms with Gasteiger partial charge < -0.3 is 14.4 Å². The van der Waals surface area contributed by atoms with Crippen molar-refractivity contribution in [2.45, 2.75) is 31.5 Å². The number of ether oxygens (including phenoxy) is 2. The summed E-state index contributed by atoms with van der Waals surface area (Å²) >= 11 is 0. The molecule has 0 atom stereocenters. The van der Waals surface area contributed by atoms with Gasteiger partial charge >= 0.3 is 6.18 Å². The third-order valence-corrected chi connectivity index (χ3v) is 6.92. The highest BCUT2D eigenvalue weighted by Crippen LogP contribution is 2.43. The maximum atomic E-state index is 13.5. The van der Waals surface area contributed by atoms with Crippen molar-refractivity contribution in [1.29, 1.82) is 0 Å². The van der Waals surface area contributed by atoms with Crippen LogP contribution in [-0.4, -0.2) is 58.5 Å². The fourth-order valence-electron chi connectivity index (χ4n) is 4.87. The molecular formula is C26H25F3N4O3. The summed E-state index contributed by atoms with van der Waals surface area (Å²) in [6.45, 7) is 3.58. The Balaban J connectivity index is 1.16. The SMILES string of the molecule is O=C(c1cnn(-c2cccc(C(F)(F)F)c2)c1C1CC1)N1CCN(Cc2ccc3c(c2)OCO3)CC1. The topological polar surface area (TPSA) is 59.8 Å². The van der Waals surface area contributed by atoms with Crippen LogP contribution >= 0.6 is 0 Å². The van der Waals surface area contributed by atoms with E-state index in [1.807, 2.05) is 23.1 Å². The van der Waals surface area contributed by atoms with E-state index in [0.717, 1.165) is 61.7 Å². The van der Waals surface area contributed by atoms with Gasteiger partial charge in [-0.15, -0.1) is 0 Å². The van der Waals surface area contributed by atoms with Crippen molar-refractivity contribution in [2.75, 3.05) is 33.0 Å². The number of benzene rings is 2. The van der Waals surface area contributed by atoms with Crippen LogP contribution in [0.2, 0.25) is 0 Å². The van der Waals surface area contributed by atoms with Gasteiger partial charge in [-0.1, -0.05) is 12.1 Å². The van der Waals surface area contributed by atoms with E-state index in [4.69, 9.17) is 9.47 Å². The molecular weight excluding hydrogens is 473 g/mol. The van der Waals surface area contributed by atoms with Crippen molar-refractivity contribution in [1.82, 2.24) is 19.6 Å². The van der Waals surface area contributed by atoms with Gasteiger partial charge in [-0.2, -0.15) is 18.3 Å². The molecule has 36 heavy (non-hydrogen) atoms. The first-order valence-electron chi connectivity index (χ1n) is 12.0.